The van der Waals surface area contributed by atoms with E-state index in [9.17, 15) is 28.4 Å². The summed E-state index contributed by atoms with van der Waals surface area (Å²) in [5.41, 5.74) is 4.32. The minimum Gasteiger partial charge on any atom is -0.480 e. The van der Waals surface area contributed by atoms with Crippen molar-refractivity contribution in [1.29, 1.82) is 5.26 Å². The maximum absolute atomic E-state index is 13.1. The minimum atomic E-state index is -3.82. The molecule has 3 rings (SSSR count). The third-order valence-corrected chi connectivity index (χ3v) is 7.96. The van der Waals surface area contributed by atoms with Crippen molar-refractivity contribution < 1.29 is 23.1 Å². The molecule has 2 aliphatic rings. The monoisotopic (exact) mass is 447 g/mol. The number of carbonyl (C=O) groups is 2. The Kier molecular flexibility index (Phi) is 6.02. The number of nitrogens with zero attached hydrogens (tertiary/aromatic N) is 2. The third kappa shape index (κ3) is 3.46. The zero-order valence-electron chi connectivity index (χ0n) is 14.8. The Labute approximate surface area is 173 Å². The summed E-state index contributed by atoms with van der Waals surface area (Å²) >= 11 is 5.89. The van der Waals surface area contributed by atoms with E-state index in [4.69, 9.17) is 17.3 Å². The number of carboxylic acid groups (broad SMARTS) is 1. The number of hydrogen-bond donors (Lipinski definition) is 2. The molecular weight excluding hydrogens is 429 g/mol. The van der Waals surface area contributed by atoms with Crippen LogP contribution in [0.15, 0.2) is 23.1 Å². The van der Waals surface area contributed by atoms with Crippen molar-refractivity contribution in [2.45, 2.75) is 42.0 Å². The number of benzene rings is 1. The number of hydrogen-bond acceptors (Lipinski definition) is 6. The van der Waals surface area contributed by atoms with Crippen molar-refractivity contribution >= 4 is 45.7 Å². The molecule has 0 radical (unpaired) electrons. The fraction of sp³-hybridized carbons (Fsp3) is 0.471. The second-order valence-electron chi connectivity index (χ2n) is 7.03. The quantitative estimate of drug-likeness (QED) is 0.688. The van der Waals surface area contributed by atoms with E-state index >= 15 is 0 Å². The molecule has 1 amide bonds. The molecule has 0 aromatic heterocycles. The molecule has 1 aromatic carbocycles. The highest BCUT2D eigenvalue weighted by Gasteiger charge is 2.66. The molecule has 2 fully saturated rings. The van der Waals surface area contributed by atoms with Crippen LogP contribution in [0.3, 0.4) is 0 Å². The molecule has 1 saturated carbocycles. The van der Waals surface area contributed by atoms with Gasteiger partial charge in [0, 0.05) is 17.6 Å². The van der Waals surface area contributed by atoms with Crippen LogP contribution in [0.25, 0.3) is 0 Å². The molecule has 2 unspecified atom stereocenters. The lowest BCUT2D eigenvalue weighted by atomic mass is 10.1. The molecular formula is C17H19Cl2N3O5S. The lowest BCUT2D eigenvalue weighted by Crippen LogP contribution is -2.42. The summed E-state index contributed by atoms with van der Waals surface area (Å²) in [7, 11) is -3.82. The number of nitrogens with two attached hydrogens (primary N) is 1. The molecule has 1 heterocycles. The van der Waals surface area contributed by atoms with Crippen LogP contribution >= 0.6 is 24.0 Å². The molecule has 0 bridgehead atoms. The molecule has 4 atom stereocenters. The van der Waals surface area contributed by atoms with Gasteiger partial charge in [0.25, 0.3) is 0 Å². The largest absolute Gasteiger partial charge is 0.480 e. The van der Waals surface area contributed by atoms with E-state index in [0.717, 1.165) is 0 Å². The molecule has 152 valence electrons. The summed E-state index contributed by atoms with van der Waals surface area (Å²) in [6.45, 7) is 1.54. The van der Waals surface area contributed by atoms with Crippen LogP contribution in [-0.4, -0.2) is 54.2 Å². The van der Waals surface area contributed by atoms with E-state index in [1.54, 1.807) is 6.92 Å². The fourth-order valence-corrected chi connectivity index (χ4v) is 5.99. The van der Waals surface area contributed by atoms with Gasteiger partial charge in [-0.05, 0) is 43.5 Å². The van der Waals surface area contributed by atoms with Crippen molar-refractivity contribution in [3.05, 3.63) is 28.8 Å². The van der Waals surface area contributed by atoms with Crippen LogP contribution < -0.4 is 5.73 Å². The van der Waals surface area contributed by atoms with Crippen molar-refractivity contribution in [1.82, 2.24) is 4.90 Å². The molecule has 11 heteroatoms. The van der Waals surface area contributed by atoms with Crippen LogP contribution in [0.4, 0.5) is 0 Å². The maximum Gasteiger partial charge on any atom is 0.320 e. The smallest absolute Gasteiger partial charge is 0.320 e. The van der Waals surface area contributed by atoms with Crippen molar-refractivity contribution in [3.8, 4) is 6.07 Å². The van der Waals surface area contributed by atoms with E-state index in [1.807, 2.05) is 6.07 Å². The number of nitriles is 1. The van der Waals surface area contributed by atoms with Gasteiger partial charge in [0.15, 0.2) is 15.3 Å². The standard InChI is InChI=1S/C17H18ClN3O5S.ClH/c1-9-4-10(18)2-3-13(9)27(25,26)11-5-12(15(22)23)21(7-11)14-6-17(14,8-19)16(20)24;/h2-4,11-12,14H,5-7H2,1H3,(H2,20,24)(H,22,23);1H/t11-,12+,14?,17?;/m1./s1. The highest BCUT2D eigenvalue weighted by atomic mass is 35.5. The van der Waals surface area contributed by atoms with Gasteiger partial charge in [0.2, 0.25) is 5.91 Å². The van der Waals surface area contributed by atoms with Crippen molar-refractivity contribution in [2.24, 2.45) is 11.1 Å². The Morgan fingerprint density at radius 2 is 2.07 bits per heavy atom. The molecule has 28 heavy (non-hydrogen) atoms. The molecule has 1 aliphatic carbocycles. The predicted molar refractivity (Wildman–Crippen MR) is 103 cm³/mol. The highest BCUT2D eigenvalue weighted by molar-refractivity contribution is 7.92. The first kappa shape index (κ1) is 22.4. The van der Waals surface area contributed by atoms with Gasteiger partial charge in [-0.1, -0.05) is 11.6 Å². The summed E-state index contributed by atoms with van der Waals surface area (Å²) in [5, 5.41) is 18.3. The number of likely N-dealkylation sites (tertiary alicyclic amines) is 1. The molecule has 0 spiro atoms. The zero-order chi connectivity index (χ0) is 20.1. The Morgan fingerprint density at radius 1 is 1.43 bits per heavy atom. The number of aliphatic carboxylic acids is 1. The van der Waals surface area contributed by atoms with Gasteiger partial charge in [-0.15, -0.1) is 12.4 Å². The second-order valence-corrected chi connectivity index (χ2v) is 9.66. The molecule has 1 aliphatic heterocycles. The average molecular weight is 448 g/mol. The van der Waals surface area contributed by atoms with Gasteiger partial charge >= 0.3 is 5.97 Å². The molecule has 1 aromatic rings. The Bertz CT molecular complexity index is 977. The Morgan fingerprint density at radius 3 is 2.54 bits per heavy atom. The zero-order valence-corrected chi connectivity index (χ0v) is 17.2. The summed E-state index contributed by atoms with van der Waals surface area (Å²) < 4.78 is 26.1. The number of amides is 1. The Hall–Kier alpha value is -1.86. The van der Waals surface area contributed by atoms with Gasteiger partial charge in [0.05, 0.1) is 16.2 Å². The van der Waals surface area contributed by atoms with Crippen LogP contribution in [0.1, 0.15) is 18.4 Å². The van der Waals surface area contributed by atoms with E-state index < -0.39 is 44.5 Å². The van der Waals surface area contributed by atoms with Gasteiger partial charge in [-0.25, -0.2) is 8.42 Å². The fourth-order valence-electron chi connectivity index (χ4n) is 3.83. The number of sulfone groups is 1. The summed E-state index contributed by atoms with van der Waals surface area (Å²) in [6, 6.07) is 4.49. The molecule has 8 nitrogen and oxygen atoms in total. The number of primary amides is 1. The number of aryl methyl sites for hydroxylation is 1. The first-order chi connectivity index (χ1) is 12.5. The SMILES string of the molecule is Cc1cc(Cl)ccc1S(=O)(=O)[C@@H]1C[C@@H](C(=O)O)N(C2CC2(C#N)C(N)=O)C1.Cl. The van der Waals surface area contributed by atoms with Crippen LogP contribution in [0, 0.1) is 23.7 Å². The normalized spacial score (nSPS) is 29.5. The minimum absolute atomic E-state index is 0. The first-order valence-electron chi connectivity index (χ1n) is 8.24. The summed E-state index contributed by atoms with van der Waals surface area (Å²) in [4.78, 5) is 24.8. The number of carboxylic acids is 1. The van der Waals surface area contributed by atoms with Crippen LogP contribution in [-0.2, 0) is 19.4 Å². The van der Waals surface area contributed by atoms with E-state index in [1.165, 1.54) is 23.1 Å². The number of rotatable bonds is 5. The third-order valence-electron chi connectivity index (χ3n) is 5.43. The summed E-state index contributed by atoms with van der Waals surface area (Å²) in [5.74, 6) is -2.01. The first-order valence-corrected chi connectivity index (χ1v) is 10.2. The highest BCUT2D eigenvalue weighted by Crippen LogP contribution is 2.51. The lowest BCUT2D eigenvalue weighted by Gasteiger charge is -2.22. The number of halogens is 2. The van der Waals surface area contributed by atoms with Gasteiger partial charge < -0.3 is 10.8 Å². The Balaban J connectivity index is 0.00000280. The van der Waals surface area contributed by atoms with Crippen LogP contribution in [0.2, 0.25) is 5.02 Å². The average Bonchev–Trinajstić information content (AvgIpc) is 3.15. The predicted octanol–water partition coefficient (Wildman–Crippen LogP) is 1.14. The second kappa shape index (κ2) is 7.52. The lowest BCUT2D eigenvalue weighted by molar-refractivity contribution is -0.142. The summed E-state index contributed by atoms with van der Waals surface area (Å²) in [6.07, 6.45) is -0.0220. The number of carbonyl (C=O) groups excluding carboxylic acids is 1. The van der Waals surface area contributed by atoms with E-state index in [2.05, 4.69) is 0 Å². The van der Waals surface area contributed by atoms with Crippen LogP contribution in [0.5, 0.6) is 0 Å². The van der Waals surface area contributed by atoms with Gasteiger partial charge in [0.1, 0.15) is 6.04 Å². The topological polar surface area (TPSA) is 142 Å². The molecule has 3 N–H and O–H groups in total. The van der Waals surface area contributed by atoms with Gasteiger partial charge in [-0.2, -0.15) is 5.26 Å². The molecule has 1 saturated heterocycles. The maximum atomic E-state index is 13.1. The van der Waals surface area contributed by atoms with Crippen molar-refractivity contribution in [2.75, 3.05) is 6.54 Å². The van der Waals surface area contributed by atoms with E-state index in [-0.39, 0.29) is 36.7 Å². The van der Waals surface area contributed by atoms with E-state index in [0.29, 0.717) is 10.6 Å². The van der Waals surface area contributed by atoms with Crippen molar-refractivity contribution in [3.63, 3.8) is 0 Å². The van der Waals surface area contributed by atoms with Gasteiger partial charge in [-0.3, -0.25) is 14.5 Å².